The van der Waals surface area contributed by atoms with E-state index in [9.17, 15) is 13.2 Å². The van der Waals surface area contributed by atoms with Crippen molar-refractivity contribution < 1.29 is 18.4 Å². The molecule has 2 rings (SSSR count). The Labute approximate surface area is 123 Å². The van der Waals surface area contributed by atoms with Gasteiger partial charge in [0, 0.05) is 16.2 Å². The molecule has 0 fully saturated rings. The van der Waals surface area contributed by atoms with Crippen LogP contribution in [0.2, 0.25) is 0 Å². The fourth-order valence-corrected chi connectivity index (χ4v) is 2.57. The normalized spacial score (nSPS) is 11.7. The van der Waals surface area contributed by atoms with Crippen molar-refractivity contribution in [2.45, 2.75) is 10.6 Å². The average Bonchev–Trinajstić information content (AvgIpc) is 2.48. The van der Waals surface area contributed by atoms with E-state index in [2.05, 4.69) is 5.16 Å². The predicted octanol–water partition coefficient (Wildman–Crippen LogP) is 3.49. The molecule has 0 saturated heterocycles. The molecule has 0 aliphatic heterocycles. The van der Waals surface area contributed by atoms with E-state index in [1.165, 1.54) is 12.1 Å². The standard InChI is InChI=1S/C14H11F3N2OS/c15-10-3-4-11(16)13(6-10)21-7-9-2-1-8(5-12(9)17)14(18)19-20/h1-6,20H,7H2,(H2,18,19). The molecule has 21 heavy (non-hydrogen) atoms. The van der Waals surface area contributed by atoms with Gasteiger partial charge in [-0.1, -0.05) is 17.3 Å². The summed E-state index contributed by atoms with van der Waals surface area (Å²) in [5.74, 6) is -1.76. The SMILES string of the molecule is N/C(=N\O)c1ccc(CSc2cc(F)ccc2F)c(F)c1. The van der Waals surface area contributed by atoms with Gasteiger partial charge in [0.25, 0.3) is 0 Å². The molecule has 0 amide bonds. The number of nitrogens with two attached hydrogens (primary N) is 1. The van der Waals surface area contributed by atoms with Crippen molar-refractivity contribution in [1.82, 2.24) is 0 Å². The fraction of sp³-hybridized carbons (Fsp3) is 0.0714. The summed E-state index contributed by atoms with van der Waals surface area (Å²) in [7, 11) is 0. The summed E-state index contributed by atoms with van der Waals surface area (Å²) < 4.78 is 40.3. The van der Waals surface area contributed by atoms with Crippen molar-refractivity contribution in [1.29, 1.82) is 0 Å². The lowest BCUT2D eigenvalue weighted by Gasteiger charge is -2.06. The lowest BCUT2D eigenvalue weighted by Crippen LogP contribution is -2.13. The number of oxime groups is 1. The molecule has 0 spiro atoms. The summed E-state index contributed by atoms with van der Waals surface area (Å²) in [6, 6.07) is 7.15. The molecule has 0 heterocycles. The lowest BCUT2D eigenvalue weighted by molar-refractivity contribution is 0.318. The number of benzene rings is 2. The fourth-order valence-electron chi connectivity index (χ4n) is 1.62. The van der Waals surface area contributed by atoms with Gasteiger partial charge in [-0.25, -0.2) is 13.2 Å². The molecule has 0 aromatic heterocycles. The molecule has 0 radical (unpaired) electrons. The first-order valence-electron chi connectivity index (χ1n) is 5.85. The highest BCUT2D eigenvalue weighted by molar-refractivity contribution is 7.98. The van der Waals surface area contributed by atoms with Crippen LogP contribution in [0.5, 0.6) is 0 Å². The molecule has 0 bridgehead atoms. The first-order chi connectivity index (χ1) is 10.0. The van der Waals surface area contributed by atoms with Crippen LogP contribution in [0.1, 0.15) is 11.1 Å². The van der Waals surface area contributed by atoms with Crippen molar-refractivity contribution >= 4 is 17.6 Å². The zero-order valence-electron chi connectivity index (χ0n) is 10.7. The van der Waals surface area contributed by atoms with E-state index >= 15 is 0 Å². The first-order valence-corrected chi connectivity index (χ1v) is 6.84. The van der Waals surface area contributed by atoms with Crippen LogP contribution in [0.25, 0.3) is 0 Å². The number of rotatable bonds is 4. The van der Waals surface area contributed by atoms with Crippen molar-refractivity contribution in [2.24, 2.45) is 10.9 Å². The molecule has 3 N–H and O–H groups in total. The quantitative estimate of drug-likeness (QED) is 0.299. The van der Waals surface area contributed by atoms with E-state index < -0.39 is 17.5 Å². The molecule has 0 aliphatic rings. The number of nitrogens with zero attached hydrogens (tertiary/aromatic N) is 1. The van der Waals surface area contributed by atoms with Crippen LogP contribution in [0.15, 0.2) is 46.4 Å². The van der Waals surface area contributed by atoms with E-state index in [-0.39, 0.29) is 22.0 Å². The number of halogens is 3. The number of hydrogen-bond acceptors (Lipinski definition) is 3. The Morgan fingerprint density at radius 3 is 2.52 bits per heavy atom. The van der Waals surface area contributed by atoms with Crippen LogP contribution >= 0.6 is 11.8 Å². The lowest BCUT2D eigenvalue weighted by atomic mass is 10.1. The molecule has 2 aromatic rings. The molecule has 3 nitrogen and oxygen atoms in total. The molecule has 0 saturated carbocycles. The molecule has 2 aromatic carbocycles. The van der Waals surface area contributed by atoms with Crippen LogP contribution in [0, 0.1) is 17.5 Å². The minimum atomic E-state index is -0.566. The van der Waals surface area contributed by atoms with Gasteiger partial charge in [-0.2, -0.15) is 0 Å². The molecular weight excluding hydrogens is 301 g/mol. The van der Waals surface area contributed by atoms with Gasteiger partial charge < -0.3 is 10.9 Å². The second kappa shape index (κ2) is 6.53. The number of thioether (sulfide) groups is 1. The Bertz CT molecular complexity index is 692. The van der Waals surface area contributed by atoms with Gasteiger partial charge in [0.15, 0.2) is 5.84 Å². The van der Waals surface area contributed by atoms with E-state index in [0.29, 0.717) is 5.56 Å². The largest absolute Gasteiger partial charge is 0.409 e. The van der Waals surface area contributed by atoms with E-state index in [4.69, 9.17) is 10.9 Å². The first kappa shape index (κ1) is 15.2. The third-order valence-electron chi connectivity index (χ3n) is 2.73. The van der Waals surface area contributed by atoms with Crippen LogP contribution < -0.4 is 5.73 Å². The van der Waals surface area contributed by atoms with Gasteiger partial charge >= 0.3 is 0 Å². The molecule has 110 valence electrons. The Hall–Kier alpha value is -2.15. The zero-order valence-corrected chi connectivity index (χ0v) is 11.5. The number of amidine groups is 1. The van der Waals surface area contributed by atoms with Gasteiger partial charge in [0.2, 0.25) is 0 Å². The van der Waals surface area contributed by atoms with Gasteiger partial charge in [-0.15, -0.1) is 11.8 Å². The van der Waals surface area contributed by atoms with Crippen LogP contribution in [-0.4, -0.2) is 11.0 Å². The van der Waals surface area contributed by atoms with Gasteiger partial charge in [0.1, 0.15) is 17.5 Å². The van der Waals surface area contributed by atoms with Crippen LogP contribution in [-0.2, 0) is 5.75 Å². The summed E-state index contributed by atoms with van der Waals surface area (Å²) in [4.78, 5) is 0.106. The van der Waals surface area contributed by atoms with E-state index in [1.807, 2.05) is 0 Å². The van der Waals surface area contributed by atoms with Gasteiger partial charge in [-0.3, -0.25) is 0 Å². The molecular formula is C14H11F3N2OS. The maximum atomic E-state index is 13.9. The maximum Gasteiger partial charge on any atom is 0.170 e. The predicted molar refractivity (Wildman–Crippen MR) is 74.8 cm³/mol. The van der Waals surface area contributed by atoms with Gasteiger partial charge in [-0.05, 0) is 29.8 Å². The minimum absolute atomic E-state index is 0.106. The summed E-state index contributed by atoms with van der Waals surface area (Å²) in [6.07, 6.45) is 0. The molecule has 0 aliphatic carbocycles. The topological polar surface area (TPSA) is 58.6 Å². The second-order valence-electron chi connectivity index (χ2n) is 4.15. The molecule has 0 atom stereocenters. The van der Waals surface area contributed by atoms with Crippen molar-refractivity contribution in [3.05, 3.63) is 65.0 Å². The molecule has 7 heteroatoms. The van der Waals surface area contributed by atoms with E-state index in [1.54, 1.807) is 0 Å². The zero-order chi connectivity index (χ0) is 15.4. The number of hydrogen-bond donors (Lipinski definition) is 2. The summed E-state index contributed by atoms with van der Waals surface area (Å²) >= 11 is 0.983. The molecule has 0 unspecified atom stereocenters. The minimum Gasteiger partial charge on any atom is -0.409 e. The smallest absolute Gasteiger partial charge is 0.170 e. The third kappa shape index (κ3) is 3.69. The highest BCUT2D eigenvalue weighted by Crippen LogP contribution is 2.27. The third-order valence-corrected chi connectivity index (χ3v) is 3.81. The van der Waals surface area contributed by atoms with Crippen molar-refractivity contribution in [3.63, 3.8) is 0 Å². The Kier molecular flexibility index (Phi) is 4.74. The Morgan fingerprint density at radius 1 is 1.10 bits per heavy atom. The van der Waals surface area contributed by atoms with Crippen LogP contribution in [0.3, 0.4) is 0 Å². The second-order valence-corrected chi connectivity index (χ2v) is 5.17. The Balaban J connectivity index is 2.15. The Morgan fingerprint density at radius 2 is 1.86 bits per heavy atom. The van der Waals surface area contributed by atoms with Crippen LogP contribution in [0.4, 0.5) is 13.2 Å². The summed E-state index contributed by atoms with van der Waals surface area (Å²) in [5, 5.41) is 11.3. The monoisotopic (exact) mass is 312 g/mol. The highest BCUT2D eigenvalue weighted by atomic mass is 32.2. The summed E-state index contributed by atoms with van der Waals surface area (Å²) in [5.41, 5.74) is 5.89. The van der Waals surface area contributed by atoms with Gasteiger partial charge in [0.05, 0.1) is 0 Å². The van der Waals surface area contributed by atoms with Crippen molar-refractivity contribution in [3.8, 4) is 0 Å². The summed E-state index contributed by atoms with van der Waals surface area (Å²) in [6.45, 7) is 0. The van der Waals surface area contributed by atoms with Crippen molar-refractivity contribution in [2.75, 3.05) is 0 Å². The maximum absolute atomic E-state index is 13.9. The van der Waals surface area contributed by atoms with E-state index in [0.717, 1.165) is 36.0 Å². The average molecular weight is 312 g/mol. The highest BCUT2D eigenvalue weighted by Gasteiger charge is 2.09.